The van der Waals surface area contributed by atoms with Crippen molar-refractivity contribution in [1.29, 1.82) is 0 Å². The molecule has 2 rings (SSSR count). The largest absolute Gasteiger partial charge is 0.329 e. The van der Waals surface area contributed by atoms with Gasteiger partial charge in [-0.2, -0.15) is 0 Å². The number of hydrogen-bond donors (Lipinski definition) is 1. The van der Waals surface area contributed by atoms with Gasteiger partial charge in [-0.15, -0.1) is 11.3 Å². The van der Waals surface area contributed by atoms with Crippen molar-refractivity contribution >= 4 is 11.3 Å². The molecule has 1 aliphatic rings. The number of thiazole rings is 1. The van der Waals surface area contributed by atoms with E-state index < -0.39 is 0 Å². The lowest BCUT2D eigenvalue weighted by Crippen LogP contribution is -2.52. The molecule has 1 unspecified atom stereocenters. The highest BCUT2D eigenvalue weighted by Crippen LogP contribution is 2.28. The van der Waals surface area contributed by atoms with Crippen LogP contribution in [-0.4, -0.2) is 53.5 Å². The lowest BCUT2D eigenvalue weighted by Gasteiger charge is -2.40. The van der Waals surface area contributed by atoms with E-state index in [2.05, 4.69) is 34.1 Å². The zero-order valence-corrected chi connectivity index (χ0v) is 13.0. The van der Waals surface area contributed by atoms with E-state index in [4.69, 9.17) is 5.73 Å². The maximum absolute atomic E-state index is 6.15. The van der Waals surface area contributed by atoms with E-state index in [0.29, 0.717) is 0 Å². The predicted octanol–water partition coefficient (Wildman–Crippen LogP) is 1.78. The van der Waals surface area contributed by atoms with Crippen LogP contribution in [0.4, 0.5) is 0 Å². The summed E-state index contributed by atoms with van der Waals surface area (Å²) in [6, 6.07) is 0. The minimum Gasteiger partial charge on any atom is -0.329 e. The number of aromatic nitrogens is 1. The molecule has 0 bridgehead atoms. The average Bonchev–Trinajstić information content (AvgIpc) is 2.83. The molecular weight excluding hydrogens is 256 g/mol. The molecule has 0 aromatic carbocycles. The number of rotatable bonds is 5. The Kier molecular flexibility index (Phi) is 5.33. The molecule has 1 aromatic heterocycles. The van der Waals surface area contributed by atoms with Gasteiger partial charge < -0.3 is 10.6 Å². The first-order valence-electron chi connectivity index (χ1n) is 7.21. The summed E-state index contributed by atoms with van der Waals surface area (Å²) >= 11 is 1.67. The Morgan fingerprint density at radius 3 is 2.95 bits per heavy atom. The molecule has 0 spiro atoms. The van der Waals surface area contributed by atoms with Gasteiger partial charge >= 0.3 is 0 Å². The van der Waals surface area contributed by atoms with Crippen LogP contribution in [0.3, 0.4) is 0 Å². The third kappa shape index (κ3) is 3.54. The minimum absolute atomic E-state index is 0.146. The molecule has 19 heavy (non-hydrogen) atoms. The Hall–Kier alpha value is -0.490. The maximum atomic E-state index is 6.15. The third-order valence-electron chi connectivity index (χ3n) is 4.53. The lowest BCUT2D eigenvalue weighted by atomic mass is 9.88. The van der Waals surface area contributed by atoms with E-state index in [1.165, 1.54) is 19.4 Å². The molecule has 5 heteroatoms. The average molecular weight is 282 g/mol. The SMILES string of the molecule is CCN1CCCC(CN)(N(C)Cc2cscn2)CC1. The van der Waals surface area contributed by atoms with E-state index in [0.717, 1.165) is 38.3 Å². The van der Waals surface area contributed by atoms with Gasteiger partial charge in [0.15, 0.2) is 0 Å². The zero-order valence-electron chi connectivity index (χ0n) is 12.1. The predicted molar refractivity (Wildman–Crippen MR) is 81.3 cm³/mol. The highest BCUT2D eigenvalue weighted by atomic mass is 32.1. The number of hydrogen-bond acceptors (Lipinski definition) is 5. The van der Waals surface area contributed by atoms with Gasteiger partial charge in [-0.05, 0) is 45.9 Å². The first kappa shape index (κ1) is 14.9. The fourth-order valence-electron chi connectivity index (χ4n) is 3.02. The Balaban J connectivity index is 2.04. The molecule has 2 N–H and O–H groups in total. The second kappa shape index (κ2) is 6.79. The van der Waals surface area contributed by atoms with E-state index >= 15 is 0 Å². The molecule has 1 saturated heterocycles. The Bertz CT molecular complexity index is 368. The Morgan fingerprint density at radius 1 is 1.47 bits per heavy atom. The minimum atomic E-state index is 0.146. The third-order valence-corrected chi connectivity index (χ3v) is 5.16. The summed E-state index contributed by atoms with van der Waals surface area (Å²) in [6.45, 7) is 7.42. The molecule has 1 atom stereocenters. The van der Waals surface area contributed by atoms with Gasteiger partial charge in [0.05, 0.1) is 11.2 Å². The highest BCUT2D eigenvalue weighted by molar-refractivity contribution is 7.07. The van der Waals surface area contributed by atoms with Gasteiger partial charge in [-0.1, -0.05) is 6.92 Å². The van der Waals surface area contributed by atoms with Gasteiger partial charge in [0, 0.05) is 24.0 Å². The van der Waals surface area contributed by atoms with Crippen LogP contribution in [0.2, 0.25) is 0 Å². The first-order chi connectivity index (χ1) is 9.20. The summed E-state index contributed by atoms with van der Waals surface area (Å²) in [5.74, 6) is 0. The van der Waals surface area contributed by atoms with Crippen molar-refractivity contribution in [2.24, 2.45) is 5.73 Å². The van der Waals surface area contributed by atoms with Crippen molar-refractivity contribution in [2.45, 2.75) is 38.3 Å². The van der Waals surface area contributed by atoms with Crippen LogP contribution in [0, 0.1) is 0 Å². The van der Waals surface area contributed by atoms with E-state index in [-0.39, 0.29) is 5.54 Å². The van der Waals surface area contributed by atoms with Crippen molar-refractivity contribution in [3.05, 3.63) is 16.6 Å². The standard InChI is InChI=1S/C14H26N4S/c1-3-18-7-4-5-14(11-15,6-8-18)17(2)9-13-10-19-12-16-13/h10,12H,3-9,11,15H2,1-2H3. The fourth-order valence-corrected chi connectivity index (χ4v) is 3.57. The molecule has 1 fully saturated rings. The van der Waals surface area contributed by atoms with E-state index in [9.17, 15) is 0 Å². The van der Waals surface area contributed by atoms with E-state index in [1.54, 1.807) is 11.3 Å². The molecule has 0 amide bonds. The van der Waals surface area contributed by atoms with Crippen LogP contribution in [0.1, 0.15) is 31.9 Å². The number of likely N-dealkylation sites (N-methyl/N-ethyl adjacent to an activating group) is 1. The molecule has 1 aliphatic heterocycles. The van der Waals surface area contributed by atoms with Crippen molar-refractivity contribution in [2.75, 3.05) is 33.2 Å². The lowest BCUT2D eigenvalue weighted by molar-refractivity contribution is 0.0983. The second-order valence-electron chi connectivity index (χ2n) is 5.55. The number of nitrogens with two attached hydrogens (primary N) is 1. The highest BCUT2D eigenvalue weighted by Gasteiger charge is 2.35. The van der Waals surface area contributed by atoms with Crippen molar-refractivity contribution in [1.82, 2.24) is 14.8 Å². The monoisotopic (exact) mass is 282 g/mol. The van der Waals surface area contributed by atoms with Crippen molar-refractivity contribution in [3.8, 4) is 0 Å². The summed E-state index contributed by atoms with van der Waals surface area (Å²) in [6.07, 6.45) is 3.60. The molecule has 2 heterocycles. The number of nitrogens with zero attached hydrogens (tertiary/aromatic N) is 3. The van der Waals surface area contributed by atoms with Crippen molar-refractivity contribution in [3.63, 3.8) is 0 Å². The van der Waals surface area contributed by atoms with Crippen molar-refractivity contribution < 1.29 is 0 Å². The Labute approximate surface area is 120 Å². The molecular formula is C14H26N4S. The van der Waals surface area contributed by atoms with Gasteiger partial charge in [0.1, 0.15) is 0 Å². The molecule has 1 aromatic rings. The maximum Gasteiger partial charge on any atom is 0.0795 e. The fraction of sp³-hybridized carbons (Fsp3) is 0.786. The number of likely N-dealkylation sites (tertiary alicyclic amines) is 1. The molecule has 0 aliphatic carbocycles. The molecule has 108 valence electrons. The summed E-state index contributed by atoms with van der Waals surface area (Å²) in [5, 5.41) is 2.13. The Morgan fingerprint density at radius 2 is 2.32 bits per heavy atom. The topological polar surface area (TPSA) is 45.4 Å². The second-order valence-corrected chi connectivity index (χ2v) is 6.27. The quantitative estimate of drug-likeness (QED) is 0.894. The molecule has 0 saturated carbocycles. The van der Waals surface area contributed by atoms with Gasteiger partial charge in [-0.3, -0.25) is 4.90 Å². The molecule has 4 nitrogen and oxygen atoms in total. The van der Waals surface area contributed by atoms with Crippen LogP contribution in [0.25, 0.3) is 0 Å². The summed E-state index contributed by atoms with van der Waals surface area (Å²) < 4.78 is 0. The molecule has 0 radical (unpaired) electrons. The summed E-state index contributed by atoms with van der Waals surface area (Å²) in [5.41, 5.74) is 9.36. The van der Waals surface area contributed by atoms with Crippen LogP contribution in [0.15, 0.2) is 10.9 Å². The van der Waals surface area contributed by atoms with Gasteiger partial charge in [0.25, 0.3) is 0 Å². The van der Waals surface area contributed by atoms with E-state index in [1.807, 2.05) is 5.51 Å². The van der Waals surface area contributed by atoms with Gasteiger partial charge in [0.2, 0.25) is 0 Å². The van der Waals surface area contributed by atoms with Gasteiger partial charge in [-0.25, -0.2) is 4.98 Å². The van der Waals surface area contributed by atoms with Crippen LogP contribution in [0.5, 0.6) is 0 Å². The normalized spacial score (nSPS) is 25.7. The summed E-state index contributed by atoms with van der Waals surface area (Å²) in [7, 11) is 2.20. The van der Waals surface area contributed by atoms with Crippen LogP contribution >= 0.6 is 11.3 Å². The first-order valence-corrected chi connectivity index (χ1v) is 8.15. The smallest absolute Gasteiger partial charge is 0.0795 e. The summed E-state index contributed by atoms with van der Waals surface area (Å²) in [4.78, 5) is 9.36. The van der Waals surface area contributed by atoms with Crippen LogP contribution in [-0.2, 0) is 6.54 Å². The zero-order chi connectivity index (χ0) is 13.7. The van der Waals surface area contributed by atoms with Crippen LogP contribution < -0.4 is 5.73 Å².